The third-order valence-corrected chi connectivity index (χ3v) is 19.4. The molecule has 0 spiro atoms. The lowest BCUT2D eigenvalue weighted by atomic mass is 9.85. The van der Waals surface area contributed by atoms with Crippen molar-refractivity contribution in [1.82, 2.24) is 22.9 Å². The van der Waals surface area contributed by atoms with Gasteiger partial charge in [0.2, 0.25) is 0 Å². The lowest BCUT2D eigenvalue weighted by molar-refractivity contribution is 0.591. The average molecular weight is 1100 g/mol. The van der Waals surface area contributed by atoms with E-state index < -0.39 is 0 Å². The van der Waals surface area contributed by atoms with Crippen LogP contribution in [0.3, 0.4) is 0 Å². The summed E-state index contributed by atoms with van der Waals surface area (Å²) in [5.41, 5.74) is 22.2. The molecule has 19 rings (SSSR count). The summed E-state index contributed by atoms with van der Waals surface area (Å²) in [5, 5.41) is 18.5. The van der Waals surface area contributed by atoms with Crippen LogP contribution in [-0.2, 0) is 10.8 Å². The molecule has 0 unspecified atom stereocenters. The van der Waals surface area contributed by atoms with Gasteiger partial charge in [0.05, 0.1) is 55.2 Å². The molecule has 0 aliphatic heterocycles. The molecule has 0 N–H and O–H groups in total. The van der Waals surface area contributed by atoms with Gasteiger partial charge in [0.15, 0.2) is 0 Å². The molecule has 0 aliphatic rings. The molecule has 0 fully saturated rings. The second kappa shape index (κ2) is 16.6. The van der Waals surface area contributed by atoms with Gasteiger partial charge in [-0.15, -0.1) is 0 Å². The van der Waals surface area contributed by atoms with Crippen molar-refractivity contribution in [3.05, 3.63) is 248 Å². The van der Waals surface area contributed by atoms with Gasteiger partial charge in [-0.05, 0) is 158 Å². The smallest absolute Gasteiger partial charge is 0.146 e. The first-order valence-corrected chi connectivity index (χ1v) is 30.3. The van der Waals surface area contributed by atoms with Crippen molar-refractivity contribution >= 4 is 142 Å². The number of hydrogen-bond donors (Lipinski definition) is 0. The third kappa shape index (κ3) is 6.31. The molecule has 7 aromatic heterocycles. The monoisotopic (exact) mass is 1100 g/mol. The van der Waals surface area contributed by atoms with Crippen molar-refractivity contribution in [3.63, 3.8) is 0 Å². The predicted molar refractivity (Wildman–Crippen MR) is 366 cm³/mol. The summed E-state index contributed by atoms with van der Waals surface area (Å²) in [6.07, 6.45) is 0. The number of nitrogens with zero attached hydrogens (tertiary/aromatic N) is 5. The second-order valence-corrected chi connectivity index (χ2v) is 26.3. The fraction of sp³-hybridized carbons (Fsp3) is 0.0988. The molecule has 7 heterocycles. The Bertz CT molecular complexity index is 6090. The second-order valence-electron chi connectivity index (χ2n) is 26.3. The van der Waals surface area contributed by atoms with Gasteiger partial charge in [0, 0.05) is 81.8 Å². The first kappa shape index (κ1) is 47.9. The number of hydrogen-bond acceptors (Lipinski definition) is 1. The highest BCUT2D eigenvalue weighted by atomic mass is 15.0. The largest absolute Gasteiger partial charge is 0.309 e. The molecule has 0 amide bonds. The van der Waals surface area contributed by atoms with Gasteiger partial charge in [-0.25, -0.2) is 4.98 Å². The number of rotatable bonds is 4. The third-order valence-electron chi connectivity index (χ3n) is 19.4. The van der Waals surface area contributed by atoms with E-state index in [0.29, 0.717) is 0 Å². The number of aromatic nitrogens is 5. The molecule has 0 radical (unpaired) electrons. The topological polar surface area (TPSA) is 31.6 Å². The Hall–Kier alpha value is -10.5. The molecule has 19 aromatic rings. The van der Waals surface area contributed by atoms with Gasteiger partial charge in [-0.3, -0.25) is 4.40 Å². The summed E-state index contributed by atoms with van der Waals surface area (Å²) in [5.74, 6) is 0. The number of benzene rings is 12. The van der Waals surface area contributed by atoms with Crippen LogP contribution in [0.2, 0.25) is 0 Å². The maximum atomic E-state index is 6.18. The minimum atomic E-state index is -0.136. The Kier molecular flexibility index (Phi) is 9.28. The molecule has 0 saturated heterocycles. The summed E-state index contributed by atoms with van der Waals surface area (Å²) in [4.78, 5) is 6.18. The Labute approximate surface area is 495 Å². The fourth-order valence-corrected chi connectivity index (χ4v) is 15.4. The van der Waals surface area contributed by atoms with E-state index in [1.54, 1.807) is 0 Å². The lowest BCUT2D eigenvalue weighted by Crippen LogP contribution is -2.10. The molecule has 86 heavy (non-hydrogen) atoms. The number of pyridine rings is 1. The Balaban J connectivity index is 0.965. The summed E-state index contributed by atoms with van der Waals surface area (Å²) >= 11 is 0. The van der Waals surface area contributed by atoms with Crippen molar-refractivity contribution in [2.24, 2.45) is 0 Å². The van der Waals surface area contributed by atoms with E-state index in [1.807, 2.05) is 0 Å². The van der Waals surface area contributed by atoms with E-state index >= 15 is 0 Å². The first-order valence-electron chi connectivity index (χ1n) is 30.3. The van der Waals surface area contributed by atoms with Crippen LogP contribution >= 0.6 is 0 Å². The maximum Gasteiger partial charge on any atom is 0.146 e. The Morgan fingerprint density at radius 3 is 1.41 bits per heavy atom. The maximum absolute atomic E-state index is 6.18. The van der Waals surface area contributed by atoms with Gasteiger partial charge in [-0.2, -0.15) is 0 Å². The lowest BCUT2D eigenvalue weighted by Gasteiger charge is -2.19. The zero-order chi connectivity index (χ0) is 57.2. The van der Waals surface area contributed by atoms with Crippen LogP contribution in [0.25, 0.3) is 175 Å². The van der Waals surface area contributed by atoms with Crippen LogP contribution < -0.4 is 0 Å². The van der Waals surface area contributed by atoms with Crippen molar-refractivity contribution in [3.8, 4) is 33.6 Å². The van der Waals surface area contributed by atoms with Crippen LogP contribution in [0.5, 0.6) is 0 Å². The van der Waals surface area contributed by atoms with Gasteiger partial charge >= 0.3 is 0 Å². The zero-order valence-electron chi connectivity index (χ0n) is 48.8. The highest BCUT2D eigenvalue weighted by molar-refractivity contribution is 6.34. The van der Waals surface area contributed by atoms with Crippen molar-refractivity contribution in [2.75, 3.05) is 0 Å². The molecule has 406 valence electrons. The minimum absolute atomic E-state index is 0.135. The summed E-state index contributed by atoms with van der Waals surface area (Å²) < 4.78 is 10.0. The van der Waals surface area contributed by atoms with Crippen molar-refractivity contribution in [1.29, 1.82) is 0 Å². The number of para-hydroxylation sites is 4. The van der Waals surface area contributed by atoms with Gasteiger partial charge < -0.3 is 13.5 Å². The minimum Gasteiger partial charge on any atom is -0.309 e. The molecule has 0 aliphatic carbocycles. The van der Waals surface area contributed by atoms with Crippen LogP contribution in [0.15, 0.2) is 237 Å². The molecule has 5 heteroatoms. The number of fused-ring (bicyclic) bond motifs is 21. The van der Waals surface area contributed by atoms with E-state index in [2.05, 4.69) is 296 Å². The molecule has 0 atom stereocenters. The van der Waals surface area contributed by atoms with E-state index in [-0.39, 0.29) is 10.8 Å². The standard InChI is InChI=1S/C81H57N5/c1-80(2,3)50-42-63-64-45-71-74(82-79(64)86-75(63)65(43-50)73-55-28-16-14-21-46(55)37-58(77(73)86)48-33-35-69-59(38-48)56-29-17-19-31-67(56)83(69)52-23-9-7-10-24-52)66-44-51(81(4,5)6)41-62-61-39-47-22-13-15-27-54(47)72(78(61)85(71)76(62)66)49-34-36-70-60(40-49)57-30-18-20-32-68(57)84(70)53-25-11-8-12-26-53/h7-45H,1-6H3. The molecule has 0 saturated carbocycles. The van der Waals surface area contributed by atoms with Crippen molar-refractivity contribution in [2.45, 2.75) is 52.4 Å². The van der Waals surface area contributed by atoms with Crippen LogP contribution in [0.1, 0.15) is 52.7 Å². The first-order chi connectivity index (χ1) is 41.9. The zero-order valence-corrected chi connectivity index (χ0v) is 48.8. The molecular weight excluding hydrogens is 1040 g/mol. The van der Waals surface area contributed by atoms with Gasteiger partial charge in [0.25, 0.3) is 0 Å². The normalized spacial score (nSPS) is 13.0. The summed E-state index contributed by atoms with van der Waals surface area (Å²) in [6.45, 7) is 14.1. The SMILES string of the molecule is CC(C)(C)c1cc2c3cc4ccccc4c(-c4ccc5c(c4)c4ccccc4n5-c4ccccc4)c3n3c4cc5c6cc(C(C)(C)C)cc7c8c9ccccc9cc(-c9ccc%10c(c9)c9ccccc9n%10-c9ccccc9)c8n(c5nc4c(c1)c23)c67. The van der Waals surface area contributed by atoms with Crippen molar-refractivity contribution < 1.29 is 0 Å². The molecule has 0 bridgehead atoms. The average Bonchev–Trinajstić information content (AvgIpc) is 1.52. The van der Waals surface area contributed by atoms with E-state index in [9.17, 15) is 0 Å². The van der Waals surface area contributed by atoms with Crippen LogP contribution in [0.4, 0.5) is 0 Å². The quantitative estimate of drug-likeness (QED) is 0.173. The highest BCUT2D eigenvalue weighted by Gasteiger charge is 2.31. The fourth-order valence-electron chi connectivity index (χ4n) is 15.4. The predicted octanol–water partition coefficient (Wildman–Crippen LogP) is 21.8. The Morgan fingerprint density at radius 1 is 0.302 bits per heavy atom. The van der Waals surface area contributed by atoms with E-state index in [0.717, 1.165) is 33.4 Å². The van der Waals surface area contributed by atoms with E-state index in [4.69, 9.17) is 4.98 Å². The van der Waals surface area contributed by atoms with Crippen LogP contribution in [0, 0.1) is 0 Å². The molecular formula is C81H57N5. The van der Waals surface area contributed by atoms with E-state index in [1.165, 1.54) is 153 Å². The molecule has 12 aromatic carbocycles. The Morgan fingerprint density at radius 2 is 0.779 bits per heavy atom. The van der Waals surface area contributed by atoms with Gasteiger partial charge in [-0.1, -0.05) is 175 Å². The van der Waals surface area contributed by atoms with Gasteiger partial charge in [0.1, 0.15) is 5.65 Å². The highest BCUT2D eigenvalue weighted by Crippen LogP contribution is 2.52. The van der Waals surface area contributed by atoms with Crippen LogP contribution in [-0.4, -0.2) is 22.9 Å². The molecule has 5 nitrogen and oxygen atoms in total. The summed E-state index contributed by atoms with van der Waals surface area (Å²) in [7, 11) is 0. The summed E-state index contributed by atoms with van der Waals surface area (Å²) in [6, 6.07) is 89.1.